The Morgan fingerprint density at radius 2 is 1.62 bits per heavy atom. The Hall–Kier alpha value is -2.40. The number of nitrogens with zero attached hydrogens (tertiary/aromatic N) is 1. The first-order valence-electron chi connectivity index (χ1n) is 6.50. The van der Waals surface area contributed by atoms with Gasteiger partial charge in [-0.05, 0) is 19.1 Å². The highest BCUT2D eigenvalue weighted by Gasteiger charge is 2.20. The maximum Gasteiger partial charge on any atom is 0.223 e. The summed E-state index contributed by atoms with van der Waals surface area (Å²) in [5.74, 6) is 0. The van der Waals surface area contributed by atoms with Crippen LogP contribution in [0.5, 0.6) is 0 Å². The van der Waals surface area contributed by atoms with Gasteiger partial charge in [0.2, 0.25) is 9.84 Å². The van der Waals surface area contributed by atoms with Crippen molar-refractivity contribution in [3.8, 4) is 11.3 Å². The quantitative estimate of drug-likeness (QED) is 0.807. The van der Waals surface area contributed by atoms with Crippen molar-refractivity contribution in [2.75, 3.05) is 0 Å². The first-order valence-corrected chi connectivity index (χ1v) is 7.98. The van der Waals surface area contributed by atoms with E-state index < -0.39 is 9.84 Å². The van der Waals surface area contributed by atoms with Gasteiger partial charge >= 0.3 is 0 Å². The first kappa shape index (κ1) is 13.6. The summed E-state index contributed by atoms with van der Waals surface area (Å²) in [7, 11) is -3.56. The maximum absolute atomic E-state index is 12.5. The zero-order valence-electron chi connectivity index (χ0n) is 11.4. The zero-order valence-corrected chi connectivity index (χ0v) is 12.3. The molecule has 3 aromatic rings. The minimum Gasteiger partial charge on any atom is -0.266 e. The first-order chi connectivity index (χ1) is 10.1. The highest BCUT2D eigenvalue weighted by molar-refractivity contribution is 7.91. The second kappa shape index (κ2) is 5.18. The molecule has 0 aliphatic carbocycles. The van der Waals surface area contributed by atoms with Crippen molar-refractivity contribution in [2.45, 2.75) is 16.8 Å². The van der Waals surface area contributed by atoms with Gasteiger partial charge in [0.05, 0.1) is 10.6 Å². The molecule has 1 N–H and O–H groups in total. The Balaban J connectivity index is 2.01. The predicted octanol–water partition coefficient (Wildman–Crippen LogP) is 3.22. The molecular formula is C16H14N2O2S. The predicted molar refractivity (Wildman–Crippen MR) is 80.7 cm³/mol. The van der Waals surface area contributed by atoms with Crippen LogP contribution in [-0.4, -0.2) is 18.6 Å². The van der Waals surface area contributed by atoms with E-state index in [-0.39, 0.29) is 9.92 Å². The topological polar surface area (TPSA) is 62.8 Å². The third-order valence-electron chi connectivity index (χ3n) is 3.24. The van der Waals surface area contributed by atoms with Crippen LogP contribution in [0.15, 0.2) is 70.6 Å². The number of aromatic nitrogens is 2. The normalized spacial score (nSPS) is 11.5. The molecule has 0 atom stereocenters. The van der Waals surface area contributed by atoms with Crippen LogP contribution in [-0.2, 0) is 9.84 Å². The van der Waals surface area contributed by atoms with Crippen LogP contribution in [0, 0.1) is 6.92 Å². The fourth-order valence-corrected chi connectivity index (χ4v) is 3.22. The Morgan fingerprint density at radius 3 is 2.29 bits per heavy atom. The van der Waals surface area contributed by atoms with E-state index in [1.807, 2.05) is 37.3 Å². The van der Waals surface area contributed by atoms with Crippen LogP contribution in [0.3, 0.4) is 0 Å². The van der Waals surface area contributed by atoms with Crippen LogP contribution < -0.4 is 0 Å². The van der Waals surface area contributed by atoms with E-state index in [1.165, 1.54) is 0 Å². The summed E-state index contributed by atoms with van der Waals surface area (Å²) < 4.78 is 25.0. The molecule has 21 heavy (non-hydrogen) atoms. The second-order valence-electron chi connectivity index (χ2n) is 4.80. The molecule has 0 unspecified atom stereocenters. The van der Waals surface area contributed by atoms with Gasteiger partial charge in [0.15, 0.2) is 5.03 Å². The molecule has 0 saturated heterocycles. The van der Waals surface area contributed by atoms with Crippen molar-refractivity contribution in [3.63, 3.8) is 0 Å². The van der Waals surface area contributed by atoms with Gasteiger partial charge in [0.1, 0.15) is 0 Å². The lowest BCUT2D eigenvalue weighted by atomic mass is 10.2. The fourth-order valence-electron chi connectivity index (χ4n) is 2.04. The minimum absolute atomic E-state index is 0.102. The van der Waals surface area contributed by atoms with E-state index in [9.17, 15) is 8.42 Å². The van der Waals surface area contributed by atoms with Crippen molar-refractivity contribution in [1.29, 1.82) is 0 Å². The Morgan fingerprint density at radius 1 is 0.952 bits per heavy atom. The van der Waals surface area contributed by atoms with Crippen LogP contribution in [0.25, 0.3) is 11.3 Å². The van der Waals surface area contributed by atoms with E-state index in [4.69, 9.17) is 0 Å². The van der Waals surface area contributed by atoms with E-state index in [0.717, 1.165) is 11.1 Å². The van der Waals surface area contributed by atoms with Crippen LogP contribution in [0.1, 0.15) is 5.56 Å². The highest BCUT2D eigenvalue weighted by Crippen LogP contribution is 2.24. The molecule has 0 radical (unpaired) electrons. The van der Waals surface area contributed by atoms with Crippen LogP contribution >= 0.6 is 0 Å². The Bertz CT molecular complexity index is 851. The van der Waals surface area contributed by atoms with Gasteiger partial charge in [-0.1, -0.05) is 48.0 Å². The Kier molecular flexibility index (Phi) is 3.35. The summed E-state index contributed by atoms with van der Waals surface area (Å²) in [5.41, 5.74) is 2.50. The average molecular weight is 298 g/mol. The summed E-state index contributed by atoms with van der Waals surface area (Å²) in [4.78, 5) is 0.261. The lowest BCUT2D eigenvalue weighted by molar-refractivity contribution is 0.592. The third-order valence-corrected chi connectivity index (χ3v) is 4.93. The third kappa shape index (κ3) is 2.60. The van der Waals surface area contributed by atoms with Crippen molar-refractivity contribution in [1.82, 2.24) is 10.2 Å². The number of aromatic amines is 1. The maximum atomic E-state index is 12.5. The van der Waals surface area contributed by atoms with Gasteiger partial charge in [0.25, 0.3) is 0 Å². The van der Waals surface area contributed by atoms with E-state index >= 15 is 0 Å². The SMILES string of the molecule is Cc1ccc(S(=O)(=O)c2cc(-c3ccccc3)n[nH]2)cc1. The second-order valence-corrected chi connectivity index (χ2v) is 6.72. The summed E-state index contributed by atoms with van der Waals surface area (Å²) >= 11 is 0. The number of hydrogen-bond acceptors (Lipinski definition) is 3. The van der Waals surface area contributed by atoms with Gasteiger partial charge < -0.3 is 0 Å². The van der Waals surface area contributed by atoms with Gasteiger partial charge in [-0.2, -0.15) is 5.10 Å². The number of hydrogen-bond donors (Lipinski definition) is 1. The molecule has 1 heterocycles. The molecule has 0 amide bonds. The van der Waals surface area contributed by atoms with Crippen LogP contribution in [0.2, 0.25) is 0 Å². The molecular weight excluding hydrogens is 284 g/mol. The molecule has 5 heteroatoms. The largest absolute Gasteiger partial charge is 0.266 e. The number of benzene rings is 2. The molecule has 0 aliphatic heterocycles. The molecule has 0 fully saturated rings. The van der Waals surface area contributed by atoms with Crippen LogP contribution in [0.4, 0.5) is 0 Å². The average Bonchev–Trinajstić information content (AvgIpc) is 2.99. The van der Waals surface area contributed by atoms with E-state index in [2.05, 4.69) is 10.2 Å². The molecule has 1 aromatic heterocycles. The summed E-state index contributed by atoms with van der Waals surface area (Å²) in [6.07, 6.45) is 0. The van der Waals surface area contributed by atoms with E-state index in [1.54, 1.807) is 30.3 Å². The fraction of sp³-hybridized carbons (Fsp3) is 0.0625. The number of rotatable bonds is 3. The number of aryl methyl sites for hydroxylation is 1. The number of nitrogens with one attached hydrogen (secondary N) is 1. The molecule has 0 saturated carbocycles. The monoisotopic (exact) mass is 298 g/mol. The van der Waals surface area contributed by atoms with Crippen molar-refractivity contribution in [3.05, 3.63) is 66.2 Å². The van der Waals surface area contributed by atoms with Gasteiger partial charge in [-0.25, -0.2) is 8.42 Å². The minimum atomic E-state index is -3.56. The highest BCUT2D eigenvalue weighted by atomic mass is 32.2. The molecule has 0 spiro atoms. The van der Waals surface area contributed by atoms with Gasteiger partial charge in [-0.3, -0.25) is 5.10 Å². The van der Waals surface area contributed by atoms with Crippen molar-refractivity contribution >= 4 is 9.84 Å². The summed E-state index contributed by atoms with van der Waals surface area (Å²) in [6, 6.07) is 17.8. The zero-order chi connectivity index (χ0) is 14.9. The standard InChI is InChI=1S/C16H14N2O2S/c1-12-7-9-14(10-8-12)21(19,20)16-11-15(17-18-16)13-5-3-2-4-6-13/h2-11H,1H3,(H,17,18). The molecule has 0 bridgehead atoms. The lowest BCUT2D eigenvalue weighted by Gasteiger charge is -2.01. The van der Waals surface area contributed by atoms with Gasteiger partial charge in [-0.15, -0.1) is 0 Å². The molecule has 106 valence electrons. The van der Waals surface area contributed by atoms with Gasteiger partial charge in [0, 0.05) is 11.6 Å². The molecule has 3 rings (SSSR count). The number of sulfone groups is 1. The molecule has 0 aliphatic rings. The molecule has 4 nitrogen and oxygen atoms in total. The van der Waals surface area contributed by atoms with Crippen molar-refractivity contribution < 1.29 is 8.42 Å². The summed E-state index contributed by atoms with van der Waals surface area (Å²) in [6.45, 7) is 1.92. The number of H-pyrrole nitrogens is 1. The molecule has 2 aromatic carbocycles. The smallest absolute Gasteiger partial charge is 0.223 e. The van der Waals surface area contributed by atoms with Crippen molar-refractivity contribution in [2.24, 2.45) is 0 Å². The summed E-state index contributed by atoms with van der Waals surface area (Å²) in [5, 5.41) is 6.81. The van der Waals surface area contributed by atoms with E-state index in [0.29, 0.717) is 5.69 Å². The Labute approximate surface area is 123 Å². The lowest BCUT2D eigenvalue weighted by Crippen LogP contribution is -2.02.